The molecule has 0 amide bonds. The lowest BCUT2D eigenvalue weighted by molar-refractivity contribution is -0.384. The smallest absolute Gasteiger partial charge is 0.269 e. The molecule has 1 aromatic carbocycles. The van der Waals surface area contributed by atoms with Crippen molar-refractivity contribution in [2.24, 2.45) is 5.92 Å². The highest BCUT2D eigenvalue weighted by Gasteiger charge is 2.23. The Morgan fingerprint density at radius 3 is 2.57 bits per heavy atom. The van der Waals surface area contributed by atoms with Gasteiger partial charge in [0.2, 0.25) is 0 Å². The van der Waals surface area contributed by atoms with Gasteiger partial charge in [-0.2, -0.15) is 5.10 Å². The van der Waals surface area contributed by atoms with Crippen LogP contribution in [0.5, 0.6) is 0 Å². The fourth-order valence-corrected chi connectivity index (χ4v) is 3.98. The fourth-order valence-electron chi connectivity index (χ4n) is 3.98. The number of non-ortho nitro benzene ring substituents is 1. The Morgan fingerprint density at radius 1 is 1.13 bits per heavy atom. The minimum Gasteiger partial charge on any atom is -0.356 e. The number of hydrogen-bond acceptors (Lipinski definition) is 7. The molecule has 0 saturated carbocycles. The Balaban J connectivity index is 1.54. The van der Waals surface area contributed by atoms with Gasteiger partial charge in [0.05, 0.1) is 4.92 Å². The number of hydrogen-bond donors (Lipinski definition) is 0. The number of nitro benzene ring substituents is 1. The first kappa shape index (κ1) is 19.9. The lowest BCUT2D eigenvalue weighted by Gasteiger charge is -2.34. The highest BCUT2D eigenvalue weighted by molar-refractivity contribution is 5.60. The summed E-state index contributed by atoms with van der Waals surface area (Å²) in [6.45, 7) is 8.55. The van der Waals surface area contributed by atoms with E-state index in [1.165, 1.54) is 12.1 Å². The lowest BCUT2D eigenvalue weighted by Crippen LogP contribution is -2.38. The topological polar surface area (TPSA) is 103 Å². The van der Waals surface area contributed by atoms with E-state index in [2.05, 4.69) is 20.0 Å². The summed E-state index contributed by atoms with van der Waals surface area (Å²) in [4.78, 5) is 26.5. The Bertz CT molecular complexity index is 1060. The van der Waals surface area contributed by atoms with Gasteiger partial charge in [-0.05, 0) is 51.7 Å². The lowest BCUT2D eigenvalue weighted by atomic mass is 9.98. The van der Waals surface area contributed by atoms with Crippen molar-refractivity contribution in [2.45, 2.75) is 40.2 Å². The summed E-state index contributed by atoms with van der Waals surface area (Å²) >= 11 is 0. The number of piperidine rings is 1. The van der Waals surface area contributed by atoms with Gasteiger partial charge in [-0.3, -0.25) is 10.1 Å². The largest absolute Gasteiger partial charge is 0.356 e. The monoisotopic (exact) mass is 407 g/mol. The van der Waals surface area contributed by atoms with Gasteiger partial charge in [0.1, 0.15) is 17.5 Å². The van der Waals surface area contributed by atoms with Crippen LogP contribution in [0.4, 0.5) is 11.5 Å². The van der Waals surface area contributed by atoms with E-state index in [-0.39, 0.29) is 5.69 Å². The third-order valence-electron chi connectivity index (χ3n) is 5.41. The summed E-state index contributed by atoms with van der Waals surface area (Å²) in [5, 5.41) is 15.4. The summed E-state index contributed by atoms with van der Waals surface area (Å²) in [6.07, 6.45) is 2.24. The Morgan fingerprint density at radius 2 is 1.90 bits per heavy atom. The summed E-state index contributed by atoms with van der Waals surface area (Å²) < 4.78 is 2.00. The van der Waals surface area contributed by atoms with Crippen LogP contribution in [0, 0.1) is 36.8 Å². The number of benzene rings is 1. The second kappa shape index (κ2) is 8.17. The van der Waals surface area contributed by atoms with Crippen LogP contribution in [0.15, 0.2) is 30.3 Å². The van der Waals surface area contributed by atoms with Gasteiger partial charge in [-0.25, -0.2) is 19.6 Å². The van der Waals surface area contributed by atoms with Gasteiger partial charge in [-0.15, -0.1) is 0 Å². The molecule has 9 nitrogen and oxygen atoms in total. The molecular formula is C21H25N7O2. The molecule has 1 atom stereocenters. The van der Waals surface area contributed by atoms with Crippen LogP contribution in [0.3, 0.4) is 0 Å². The van der Waals surface area contributed by atoms with E-state index in [0.717, 1.165) is 61.2 Å². The van der Waals surface area contributed by atoms with Crippen molar-refractivity contribution in [1.82, 2.24) is 24.7 Å². The third kappa shape index (κ3) is 4.29. The maximum atomic E-state index is 10.9. The zero-order valence-electron chi connectivity index (χ0n) is 17.4. The maximum Gasteiger partial charge on any atom is 0.269 e. The van der Waals surface area contributed by atoms with Crippen LogP contribution in [0.1, 0.15) is 30.2 Å². The molecule has 9 heteroatoms. The second-order valence-electron chi connectivity index (χ2n) is 7.84. The van der Waals surface area contributed by atoms with Crippen LogP contribution in [0.2, 0.25) is 0 Å². The number of anilines is 1. The van der Waals surface area contributed by atoms with E-state index in [1.807, 2.05) is 31.5 Å². The van der Waals surface area contributed by atoms with E-state index < -0.39 is 4.92 Å². The molecule has 30 heavy (non-hydrogen) atoms. The predicted molar refractivity (Wildman–Crippen MR) is 113 cm³/mol. The first-order valence-corrected chi connectivity index (χ1v) is 10.1. The first-order valence-electron chi connectivity index (χ1n) is 10.1. The van der Waals surface area contributed by atoms with Gasteiger partial charge in [-0.1, -0.05) is 0 Å². The van der Waals surface area contributed by atoms with Gasteiger partial charge < -0.3 is 4.90 Å². The third-order valence-corrected chi connectivity index (χ3v) is 5.41. The molecule has 1 fully saturated rings. The molecule has 2 aromatic heterocycles. The summed E-state index contributed by atoms with van der Waals surface area (Å²) in [5.41, 5.74) is 1.70. The molecule has 0 bridgehead atoms. The summed E-state index contributed by atoms with van der Waals surface area (Å²) in [6, 6.07) is 8.37. The molecule has 0 radical (unpaired) electrons. The molecular weight excluding hydrogens is 382 g/mol. The minimum absolute atomic E-state index is 0.0594. The van der Waals surface area contributed by atoms with Crippen LogP contribution < -0.4 is 4.90 Å². The maximum absolute atomic E-state index is 10.9. The molecule has 0 N–H and O–H groups in total. The van der Waals surface area contributed by atoms with Crippen molar-refractivity contribution < 1.29 is 4.92 Å². The second-order valence-corrected chi connectivity index (χ2v) is 7.84. The fraction of sp³-hybridized carbons (Fsp3) is 0.429. The minimum atomic E-state index is -0.404. The molecule has 3 heterocycles. The van der Waals surface area contributed by atoms with E-state index in [1.54, 1.807) is 12.1 Å². The Kier molecular flexibility index (Phi) is 5.43. The number of nitrogens with zero attached hydrogens (tertiary/aromatic N) is 7. The SMILES string of the molecule is Cc1cc(N2CCCC(Cn3nc(C)nc3C)C2)nc(-c2ccc([N+](=O)[O-])cc2)n1. The number of nitro groups is 1. The molecule has 0 spiro atoms. The molecule has 3 aromatic rings. The Hall–Kier alpha value is -3.36. The van der Waals surface area contributed by atoms with Gasteiger partial charge in [0.25, 0.3) is 5.69 Å². The van der Waals surface area contributed by atoms with E-state index in [9.17, 15) is 10.1 Å². The van der Waals surface area contributed by atoms with Crippen molar-refractivity contribution in [2.75, 3.05) is 18.0 Å². The first-order chi connectivity index (χ1) is 14.4. The molecule has 1 saturated heterocycles. The molecule has 1 aliphatic heterocycles. The van der Waals surface area contributed by atoms with Crippen LogP contribution >= 0.6 is 0 Å². The predicted octanol–water partition coefficient (Wildman–Crippen LogP) is 3.49. The van der Waals surface area contributed by atoms with Crippen LogP contribution in [-0.4, -0.2) is 42.7 Å². The summed E-state index contributed by atoms with van der Waals surface area (Å²) in [7, 11) is 0. The van der Waals surface area contributed by atoms with Gasteiger partial charge in [0.15, 0.2) is 5.82 Å². The number of rotatable bonds is 5. The van der Waals surface area contributed by atoms with Crippen LogP contribution in [0.25, 0.3) is 11.4 Å². The molecule has 4 rings (SSSR count). The average molecular weight is 407 g/mol. The van der Waals surface area contributed by atoms with Crippen molar-refractivity contribution in [3.63, 3.8) is 0 Å². The molecule has 0 aliphatic carbocycles. The normalized spacial score (nSPS) is 16.6. The number of aromatic nitrogens is 5. The van der Waals surface area contributed by atoms with E-state index in [0.29, 0.717) is 11.7 Å². The Labute approximate surface area is 175 Å². The van der Waals surface area contributed by atoms with Gasteiger partial charge >= 0.3 is 0 Å². The average Bonchev–Trinajstić information content (AvgIpc) is 3.04. The number of aryl methyl sites for hydroxylation is 3. The zero-order valence-corrected chi connectivity index (χ0v) is 17.4. The van der Waals surface area contributed by atoms with Crippen LogP contribution in [-0.2, 0) is 6.54 Å². The van der Waals surface area contributed by atoms with Gasteiger partial charge in [0, 0.05) is 49.1 Å². The van der Waals surface area contributed by atoms with Crippen molar-refractivity contribution in [1.29, 1.82) is 0 Å². The van der Waals surface area contributed by atoms with E-state index >= 15 is 0 Å². The highest BCUT2D eigenvalue weighted by atomic mass is 16.6. The van der Waals surface area contributed by atoms with E-state index in [4.69, 9.17) is 4.98 Å². The van der Waals surface area contributed by atoms with Crippen molar-refractivity contribution in [3.8, 4) is 11.4 Å². The molecule has 156 valence electrons. The van der Waals surface area contributed by atoms with Crippen molar-refractivity contribution >= 4 is 11.5 Å². The quantitative estimate of drug-likeness (QED) is 0.471. The zero-order chi connectivity index (χ0) is 21.3. The van der Waals surface area contributed by atoms with Crippen molar-refractivity contribution in [3.05, 3.63) is 57.8 Å². The standard InChI is InChI=1S/C21H25N7O2/c1-14-11-20(24-21(22-14)18-6-8-19(9-7-18)28(29)30)26-10-4-5-17(12-26)13-27-16(3)23-15(2)25-27/h6-9,11,17H,4-5,10,12-13H2,1-3H3. The summed E-state index contributed by atoms with van der Waals surface area (Å²) in [5.74, 6) is 3.70. The molecule has 1 aliphatic rings. The highest BCUT2D eigenvalue weighted by Crippen LogP contribution is 2.26. The molecule has 1 unspecified atom stereocenters.